The molecule has 4 bridgehead atoms. The van der Waals surface area contributed by atoms with Gasteiger partial charge in [0.2, 0.25) is 0 Å². The van der Waals surface area contributed by atoms with Crippen molar-refractivity contribution >= 4 is 11.9 Å². The van der Waals surface area contributed by atoms with Crippen LogP contribution in [-0.4, -0.2) is 35.5 Å². The highest BCUT2D eigenvalue weighted by Gasteiger charge is 2.54. The summed E-state index contributed by atoms with van der Waals surface area (Å²) in [6, 6.07) is 2.19. The van der Waals surface area contributed by atoms with Gasteiger partial charge in [0.05, 0.1) is 18.9 Å². The largest absolute Gasteiger partial charge is 0.456 e. The van der Waals surface area contributed by atoms with Crippen molar-refractivity contribution in [1.29, 1.82) is 5.26 Å². The van der Waals surface area contributed by atoms with E-state index in [1.165, 1.54) is 19.3 Å². The minimum Gasteiger partial charge on any atom is -0.456 e. The number of rotatable bonds is 7. The molecule has 1 atom stereocenters. The van der Waals surface area contributed by atoms with E-state index in [9.17, 15) is 9.59 Å². The average Bonchev–Trinajstić information content (AvgIpc) is 3.12. The Morgan fingerprint density at radius 2 is 1.81 bits per heavy atom. The molecule has 0 unspecified atom stereocenters. The molecule has 0 aromatic rings. The third-order valence-electron chi connectivity index (χ3n) is 7.22. The van der Waals surface area contributed by atoms with E-state index < -0.39 is 0 Å². The molecule has 4 fully saturated rings. The molecule has 5 heteroatoms. The van der Waals surface area contributed by atoms with Gasteiger partial charge >= 0.3 is 5.97 Å². The van der Waals surface area contributed by atoms with Crippen molar-refractivity contribution in [1.82, 2.24) is 4.90 Å². The van der Waals surface area contributed by atoms with Crippen molar-refractivity contribution in [3.8, 4) is 6.07 Å². The third kappa shape index (κ3) is 3.90. The zero-order chi connectivity index (χ0) is 18.9. The summed E-state index contributed by atoms with van der Waals surface area (Å²) < 4.78 is 5.34. The Hall–Kier alpha value is -1.83. The molecule has 0 heterocycles. The number of hydrogen-bond donors (Lipinski definition) is 0. The van der Waals surface area contributed by atoms with Crippen molar-refractivity contribution in [2.45, 2.75) is 69.7 Å². The van der Waals surface area contributed by atoms with Crippen LogP contribution in [0.1, 0.15) is 64.2 Å². The molecule has 5 rings (SSSR count). The van der Waals surface area contributed by atoms with E-state index in [-0.39, 0.29) is 29.9 Å². The van der Waals surface area contributed by atoms with Gasteiger partial charge in [-0.1, -0.05) is 12.2 Å². The van der Waals surface area contributed by atoms with Crippen LogP contribution in [0.4, 0.5) is 0 Å². The number of nitriles is 1. The first-order chi connectivity index (χ1) is 13.1. The van der Waals surface area contributed by atoms with E-state index in [0.29, 0.717) is 19.4 Å². The van der Waals surface area contributed by atoms with Crippen molar-refractivity contribution in [2.75, 3.05) is 13.2 Å². The molecule has 0 aromatic carbocycles. The summed E-state index contributed by atoms with van der Waals surface area (Å²) in [7, 11) is 0. The van der Waals surface area contributed by atoms with Crippen LogP contribution >= 0.6 is 0 Å². The monoisotopic (exact) mass is 370 g/mol. The number of carbonyl (C=O) groups excluding carboxylic acids is 2. The zero-order valence-corrected chi connectivity index (χ0v) is 16.1. The molecule has 0 N–H and O–H groups in total. The van der Waals surface area contributed by atoms with Gasteiger partial charge in [0, 0.05) is 12.1 Å². The van der Waals surface area contributed by atoms with Crippen LogP contribution in [-0.2, 0) is 14.3 Å². The smallest absolute Gasteiger partial charge is 0.306 e. The molecule has 5 aliphatic rings. The maximum atomic E-state index is 13.0. The lowest BCUT2D eigenvalue weighted by Crippen LogP contribution is -2.62. The minimum absolute atomic E-state index is 0.0940. The van der Waals surface area contributed by atoms with Gasteiger partial charge in [-0.3, -0.25) is 9.59 Å². The van der Waals surface area contributed by atoms with Crippen LogP contribution in [0.15, 0.2) is 12.2 Å². The number of amides is 1. The van der Waals surface area contributed by atoms with Crippen LogP contribution < -0.4 is 0 Å². The van der Waals surface area contributed by atoms with E-state index in [2.05, 4.69) is 18.2 Å². The van der Waals surface area contributed by atoms with E-state index in [1.54, 1.807) is 0 Å². The lowest BCUT2D eigenvalue weighted by atomic mass is 9.52. The van der Waals surface area contributed by atoms with E-state index >= 15 is 0 Å². The van der Waals surface area contributed by atoms with Crippen LogP contribution in [0.3, 0.4) is 0 Å². The van der Waals surface area contributed by atoms with Crippen LogP contribution in [0.5, 0.6) is 0 Å². The summed E-state index contributed by atoms with van der Waals surface area (Å²) >= 11 is 0. The molecule has 0 spiro atoms. The highest BCUT2D eigenvalue weighted by molar-refractivity contribution is 5.81. The number of ether oxygens (including phenoxy) is 1. The average molecular weight is 370 g/mol. The van der Waals surface area contributed by atoms with Gasteiger partial charge in [-0.05, 0) is 75.0 Å². The Balaban J connectivity index is 1.39. The van der Waals surface area contributed by atoms with E-state index in [4.69, 9.17) is 10.00 Å². The number of hydrogen-bond acceptors (Lipinski definition) is 4. The highest BCUT2D eigenvalue weighted by Crippen LogP contribution is 2.57. The standard InChI is InChI=1S/C22H30N2O3/c23-6-3-7-24(20(25)15-27-21(26)11-16-4-1-2-5-16)22-12-17-8-18(13-22)10-19(9-17)14-22/h1,4,16-19H,2-3,5,7-15H2/t16-,17?,18?,19?,22?/m1/s1. The summed E-state index contributed by atoms with van der Waals surface area (Å²) in [4.78, 5) is 27.1. The lowest BCUT2D eigenvalue weighted by Gasteiger charge is -2.60. The van der Waals surface area contributed by atoms with Gasteiger partial charge in [-0.2, -0.15) is 5.26 Å². The second-order valence-corrected chi connectivity index (χ2v) is 9.23. The second-order valence-electron chi connectivity index (χ2n) is 9.23. The summed E-state index contributed by atoms with van der Waals surface area (Å²) in [6.07, 6.45) is 14.0. The fourth-order valence-corrected chi connectivity index (χ4v) is 6.54. The first kappa shape index (κ1) is 18.5. The molecule has 0 saturated heterocycles. The lowest BCUT2D eigenvalue weighted by molar-refractivity contribution is -0.162. The minimum atomic E-state index is -0.286. The Morgan fingerprint density at radius 1 is 1.15 bits per heavy atom. The van der Waals surface area contributed by atoms with Crippen LogP contribution in [0.2, 0.25) is 0 Å². The van der Waals surface area contributed by atoms with Crippen LogP contribution in [0, 0.1) is 35.0 Å². The summed E-state index contributed by atoms with van der Waals surface area (Å²) in [6.45, 7) is 0.285. The van der Waals surface area contributed by atoms with Crippen molar-refractivity contribution < 1.29 is 14.3 Å². The second kappa shape index (κ2) is 7.66. The molecular formula is C22H30N2O3. The Bertz CT molecular complexity index is 628. The summed E-state index contributed by atoms with van der Waals surface area (Å²) in [5.74, 6) is 2.04. The molecule has 146 valence electrons. The van der Waals surface area contributed by atoms with Gasteiger partial charge in [0.25, 0.3) is 5.91 Å². The quantitative estimate of drug-likeness (QED) is 0.507. The maximum absolute atomic E-state index is 13.0. The molecule has 0 aliphatic heterocycles. The molecule has 4 saturated carbocycles. The number of esters is 1. The normalized spacial score (nSPS) is 35.8. The molecule has 27 heavy (non-hydrogen) atoms. The summed E-state index contributed by atoms with van der Waals surface area (Å²) in [5.41, 5.74) is -0.0940. The number of nitrogens with zero attached hydrogens (tertiary/aromatic N) is 2. The molecule has 0 radical (unpaired) electrons. The summed E-state index contributed by atoms with van der Waals surface area (Å²) in [5, 5.41) is 9.08. The van der Waals surface area contributed by atoms with Crippen molar-refractivity contribution in [3.05, 3.63) is 12.2 Å². The Labute approximate surface area is 161 Å². The fraction of sp³-hybridized carbons (Fsp3) is 0.773. The highest BCUT2D eigenvalue weighted by atomic mass is 16.5. The fourth-order valence-electron chi connectivity index (χ4n) is 6.54. The third-order valence-corrected chi connectivity index (χ3v) is 7.22. The topological polar surface area (TPSA) is 70.4 Å². The predicted octanol–water partition coefficient (Wildman–Crippen LogP) is 3.60. The first-order valence-corrected chi connectivity index (χ1v) is 10.6. The van der Waals surface area contributed by atoms with E-state index in [1.807, 2.05) is 4.90 Å². The van der Waals surface area contributed by atoms with Gasteiger partial charge in [-0.15, -0.1) is 0 Å². The Morgan fingerprint density at radius 3 is 2.37 bits per heavy atom. The SMILES string of the molecule is N#CCCN(C(=O)COC(=O)C[C@@H]1C=CCC1)C12CC3CC(CC(C3)C1)C2. The molecule has 1 amide bonds. The maximum Gasteiger partial charge on any atom is 0.306 e. The van der Waals surface area contributed by atoms with Crippen molar-refractivity contribution in [2.24, 2.45) is 23.7 Å². The van der Waals surface area contributed by atoms with Gasteiger partial charge in [0.1, 0.15) is 0 Å². The molecular weight excluding hydrogens is 340 g/mol. The molecule has 5 nitrogen and oxygen atoms in total. The Kier molecular flexibility index (Phi) is 5.25. The first-order valence-electron chi connectivity index (χ1n) is 10.6. The molecule has 0 aromatic heterocycles. The van der Waals surface area contributed by atoms with E-state index in [0.717, 1.165) is 49.9 Å². The zero-order valence-electron chi connectivity index (χ0n) is 16.1. The van der Waals surface area contributed by atoms with Gasteiger partial charge in [-0.25, -0.2) is 0 Å². The van der Waals surface area contributed by atoms with Crippen LogP contribution in [0.25, 0.3) is 0 Å². The predicted molar refractivity (Wildman–Crippen MR) is 100 cm³/mol. The number of allylic oxidation sites excluding steroid dienone is 2. The van der Waals surface area contributed by atoms with Gasteiger partial charge in [0.15, 0.2) is 6.61 Å². The van der Waals surface area contributed by atoms with Crippen molar-refractivity contribution in [3.63, 3.8) is 0 Å². The molecule has 5 aliphatic carbocycles. The van der Waals surface area contributed by atoms with Gasteiger partial charge < -0.3 is 9.64 Å². The number of carbonyl (C=O) groups is 2.